The molecule has 0 fully saturated rings. The molecule has 0 atom stereocenters. The van der Waals surface area contributed by atoms with Crippen molar-refractivity contribution in [2.24, 2.45) is 5.10 Å². The summed E-state index contributed by atoms with van der Waals surface area (Å²) in [5.74, 6) is 0. The van der Waals surface area contributed by atoms with Crippen LogP contribution in [0.3, 0.4) is 0 Å². The van der Waals surface area contributed by atoms with E-state index in [4.69, 9.17) is 0 Å². The molecule has 48 valence electrons. The Balaban J connectivity index is 2.63. The van der Waals surface area contributed by atoms with E-state index in [-0.39, 0.29) is 0 Å². The maximum absolute atomic E-state index is 4.01. The zero-order valence-electron chi connectivity index (χ0n) is 5.52. The third kappa shape index (κ3) is 1.42. The van der Waals surface area contributed by atoms with E-state index in [9.17, 15) is 0 Å². The maximum atomic E-state index is 4.01. The molecule has 0 bridgehead atoms. The molecule has 1 aliphatic rings. The molecule has 2 nitrogen and oxygen atoms in total. The molecular formula is C7H10N2. The summed E-state index contributed by atoms with van der Waals surface area (Å²) in [5, 5.41) is 4.01. The molecule has 0 spiro atoms. The van der Waals surface area contributed by atoms with Gasteiger partial charge in [-0.3, -0.25) is 5.43 Å². The van der Waals surface area contributed by atoms with E-state index in [0.29, 0.717) is 0 Å². The van der Waals surface area contributed by atoms with Crippen molar-refractivity contribution in [1.82, 2.24) is 5.43 Å². The van der Waals surface area contributed by atoms with Crippen LogP contribution in [-0.4, -0.2) is 5.71 Å². The van der Waals surface area contributed by atoms with Gasteiger partial charge in [-0.15, -0.1) is 0 Å². The molecule has 0 amide bonds. The van der Waals surface area contributed by atoms with Crippen molar-refractivity contribution in [2.75, 3.05) is 0 Å². The zero-order chi connectivity index (χ0) is 6.69. The summed E-state index contributed by atoms with van der Waals surface area (Å²) in [7, 11) is 0. The van der Waals surface area contributed by atoms with Crippen LogP contribution in [0.25, 0.3) is 0 Å². The Labute approximate surface area is 55.0 Å². The predicted octanol–water partition coefficient (Wildman–Crippen LogP) is 1.43. The second-order valence-electron chi connectivity index (χ2n) is 1.93. The number of hydrogen-bond acceptors (Lipinski definition) is 2. The smallest absolute Gasteiger partial charge is 0.0605 e. The molecule has 0 saturated carbocycles. The van der Waals surface area contributed by atoms with Gasteiger partial charge in [-0.05, 0) is 18.6 Å². The van der Waals surface area contributed by atoms with Gasteiger partial charge < -0.3 is 0 Å². The quantitative estimate of drug-likeness (QED) is 0.559. The van der Waals surface area contributed by atoms with Gasteiger partial charge >= 0.3 is 0 Å². The number of allylic oxidation sites excluding steroid dienone is 2. The first-order valence-electron chi connectivity index (χ1n) is 3.02. The summed E-state index contributed by atoms with van der Waals surface area (Å²) in [5.41, 5.74) is 4.72. The molecule has 9 heavy (non-hydrogen) atoms. The minimum Gasteiger partial charge on any atom is -0.279 e. The van der Waals surface area contributed by atoms with Gasteiger partial charge in [0, 0.05) is 5.70 Å². The SMILES string of the molecule is C=C1C=CC(CC)=NN1. The summed E-state index contributed by atoms with van der Waals surface area (Å²) in [4.78, 5) is 0. The van der Waals surface area contributed by atoms with Crippen molar-refractivity contribution in [3.8, 4) is 0 Å². The summed E-state index contributed by atoms with van der Waals surface area (Å²) in [6.45, 7) is 5.75. The lowest BCUT2D eigenvalue weighted by Crippen LogP contribution is -2.10. The van der Waals surface area contributed by atoms with Gasteiger partial charge in [-0.1, -0.05) is 13.5 Å². The highest BCUT2D eigenvalue weighted by atomic mass is 15.3. The first-order chi connectivity index (χ1) is 4.33. The van der Waals surface area contributed by atoms with Crippen LogP contribution in [0, 0.1) is 0 Å². The number of nitrogens with one attached hydrogen (secondary N) is 1. The predicted molar refractivity (Wildman–Crippen MR) is 39.1 cm³/mol. The van der Waals surface area contributed by atoms with E-state index < -0.39 is 0 Å². The zero-order valence-corrected chi connectivity index (χ0v) is 5.52. The van der Waals surface area contributed by atoms with Crippen LogP contribution in [0.2, 0.25) is 0 Å². The van der Waals surface area contributed by atoms with Crippen LogP contribution in [0.4, 0.5) is 0 Å². The van der Waals surface area contributed by atoms with Gasteiger partial charge in [-0.25, -0.2) is 0 Å². The van der Waals surface area contributed by atoms with Crippen molar-refractivity contribution in [2.45, 2.75) is 13.3 Å². The van der Waals surface area contributed by atoms with Crippen LogP contribution in [0.15, 0.2) is 29.5 Å². The number of hydrogen-bond donors (Lipinski definition) is 1. The highest BCUT2D eigenvalue weighted by molar-refractivity contribution is 5.95. The molecule has 2 heteroatoms. The molecule has 0 aromatic carbocycles. The Morgan fingerprint density at radius 1 is 1.67 bits per heavy atom. The first-order valence-corrected chi connectivity index (χ1v) is 3.02. The summed E-state index contributed by atoms with van der Waals surface area (Å²) in [6.07, 6.45) is 4.86. The highest BCUT2D eigenvalue weighted by Crippen LogP contribution is 1.98. The minimum atomic E-state index is 0.854. The number of nitrogens with zero attached hydrogens (tertiary/aromatic N) is 1. The Morgan fingerprint density at radius 3 is 2.89 bits per heavy atom. The van der Waals surface area contributed by atoms with Gasteiger partial charge in [0.25, 0.3) is 0 Å². The minimum absolute atomic E-state index is 0.854. The topological polar surface area (TPSA) is 24.4 Å². The lowest BCUT2D eigenvalue weighted by atomic mass is 10.2. The van der Waals surface area contributed by atoms with Gasteiger partial charge in [0.1, 0.15) is 0 Å². The van der Waals surface area contributed by atoms with E-state index in [1.807, 2.05) is 12.2 Å². The van der Waals surface area contributed by atoms with Crippen LogP contribution in [-0.2, 0) is 0 Å². The maximum Gasteiger partial charge on any atom is 0.0605 e. The van der Waals surface area contributed by atoms with Crippen molar-refractivity contribution in [1.29, 1.82) is 0 Å². The van der Waals surface area contributed by atoms with Crippen molar-refractivity contribution in [3.05, 3.63) is 24.4 Å². The molecular weight excluding hydrogens is 112 g/mol. The molecule has 0 unspecified atom stereocenters. The van der Waals surface area contributed by atoms with Crippen LogP contribution >= 0.6 is 0 Å². The summed E-state index contributed by atoms with van der Waals surface area (Å²) >= 11 is 0. The Morgan fingerprint density at radius 2 is 2.44 bits per heavy atom. The normalized spacial score (nSPS) is 17.0. The second-order valence-corrected chi connectivity index (χ2v) is 1.93. The van der Waals surface area contributed by atoms with E-state index >= 15 is 0 Å². The molecule has 0 aromatic rings. The molecule has 0 aliphatic carbocycles. The number of rotatable bonds is 1. The molecule has 0 aromatic heterocycles. The number of hydrazone groups is 1. The van der Waals surface area contributed by atoms with Crippen molar-refractivity contribution >= 4 is 5.71 Å². The van der Waals surface area contributed by atoms with Crippen LogP contribution in [0.1, 0.15) is 13.3 Å². The molecule has 1 heterocycles. The molecule has 0 saturated heterocycles. The van der Waals surface area contributed by atoms with Gasteiger partial charge in [0.15, 0.2) is 0 Å². The monoisotopic (exact) mass is 122 g/mol. The third-order valence-electron chi connectivity index (χ3n) is 1.18. The standard InChI is InChI=1S/C7H10N2/c1-3-7-5-4-6(2)8-9-7/h4-5,8H,2-3H2,1H3. The highest BCUT2D eigenvalue weighted by Gasteiger charge is 1.95. The second kappa shape index (κ2) is 2.49. The van der Waals surface area contributed by atoms with Gasteiger partial charge in [0.05, 0.1) is 5.71 Å². The van der Waals surface area contributed by atoms with Crippen LogP contribution in [0.5, 0.6) is 0 Å². The fourth-order valence-electron chi connectivity index (χ4n) is 0.612. The van der Waals surface area contributed by atoms with E-state index in [1.54, 1.807) is 0 Å². The summed E-state index contributed by atoms with van der Waals surface area (Å²) in [6, 6.07) is 0. The van der Waals surface area contributed by atoms with Crippen LogP contribution < -0.4 is 5.43 Å². The third-order valence-corrected chi connectivity index (χ3v) is 1.18. The molecule has 1 N–H and O–H groups in total. The lowest BCUT2D eigenvalue weighted by Gasteiger charge is -2.05. The summed E-state index contributed by atoms with van der Waals surface area (Å²) < 4.78 is 0. The lowest BCUT2D eigenvalue weighted by molar-refractivity contribution is 0.904. The Bertz CT molecular complexity index is 177. The largest absolute Gasteiger partial charge is 0.279 e. The first kappa shape index (κ1) is 6.08. The Hall–Kier alpha value is -1.05. The molecule has 1 aliphatic heterocycles. The van der Waals surface area contributed by atoms with Crippen molar-refractivity contribution < 1.29 is 0 Å². The van der Waals surface area contributed by atoms with E-state index in [0.717, 1.165) is 17.8 Å². The fraction of sp³-hybridized carbons (Fsp3) is 0.286. The van der Waals surface area contributed by atoms with E-state index in [1.165, 1.54) is 0 Å². The molecule has 0 radical (unpaired) electrons. The fourth-order valence-corrected chi connectivity index (χ4v) is 0.612. The van der Waals surface area contributed by atoms with E-state index in [2.05, 4.69) is 24.0 Å². The van der Waals surface area contributed by atoms with Gasteiger partial charge in [-0.2, -0.15) is 5.10 Å². The Kier molecular flexibility index (Phi) is 1.68. The average Bonchev–Trinajstić information content (AvgIpc) is 1.90. The van der Waals surface area contributed by atoms with Gasteiger partial charge in [0.2, 0.25) is 0 Å². The van der Waals surface area contributed by atoms with Crippen molar-refractivity contribution in [3.63, 3.8) is 0 Å². The average molecular weight is 122 g/mol. The molecule has 1 rings (SSSR count).